The standard InChI is InChI=1S/C11H11ClO/c1-7-6-8(2-4-10(7)12)9-3-5-11(9)13/h2,4,6,9H,3,5H2,1H3. The van der Waals surface area contributed by atoms with Gasteiger partial charge < -0.3 is 0 Å². The maximum Gasteiger partial charge on any atom is 0.140 e. The third-order valence-electron chi connectivity index (χ3n) is 2.65. The lowest BCUT2D eigenvalue weighted by atomic mass is 9.78. The second kappa shape index (κ2) is 3.15. The Kier molecular flexibility index (Phi) is 2.12. The molecular weight excluding hydrogens is 184 g/mol. The van der Waals surface area contributed by atoms with Gasteiger partial charge in [-0.2, -0.15) is 0 Å². The van der Waals surface area contributed by atoms with E-state index in [4.69, 9.17) is 11.6 Å². The van der Waals surface area contributed by atoms with Crippen molar-refractivity contribution in [3.8, 4) is 0 Å². The number of rotatable bonds is 1. The van der Waals surface area contributed by atoms with Gasteiger partial charge in [-0.25, -0.2) is 0 Å². The SMILES string of the molecule is Cc1cc(C2CCC2=O)ccc1Cl. The van der Waals surface area contributed by atoms with Crippen molar-refractivity contribution in [1.29, 1.82) is 0 Å². The van der Waals surface area contributed by atoms with E-state index in [0.29, 0.717) is 5.78 Å². The molecule has 0 aromatic heterocycles. The molecule has 1 aliphatic rings. The molecule has 0 N–H and O–H groups in total. The lowest BCUT2D eigenvalue weighted by Gasteiger charge is -2.24. The maximum atomic E-state index is 11.2. The number of Topliss-reactive ketones (excluding diaryl/α,β-unsaturated/α-hetero) is 1. The zero-order valence-corrected chi connectivity index (χ0v) is 8.27. The Balaban J connectivity index is 2.31. The van der Waals surface area contributed by atoms with E-state index in [1.165, 1.54) is 0 Å². The molecule has 0 bridgehead atoms. The van der Waals surface area contributed by atoms with E-state index in [-0.39, 0.29) is 5.92 Å². The van der Waals surface area contributed by atoms with Crippen LogP contribution in [0.2, 0.25) is 5.02 Å². The van der Waals surface area contributed by atoms with Crippen molar-refractivity contribution in [2.24, 2.45) is 0 Å². The lowest BCUT2D eigenvalue weighted by Crippen LogP contribution is -2.23. The number of hydrogen-bond acceptors (Lipinski definition) is 1. The van der Waals surface area contributed by atoms with Gasteiger partial charge in [0.15, 0.2) is 0 Å². The summed E-state index contributed by atoms with van der Waals surface area (Å²) in [5.74, 6) is 0.512. The van der Waals surface area contributed by atoms with Crippen LogP contribution in [0.4, 0.5) is 0 Å². The van der Waals surface area contributed by atoms with Crippen molar-refractivity contribution in [2.75, 3.05) is 0 Å². The third kappa shape index (κ3) is 1.49. The Morgan fingerprint density at radius 3 is 2.69 bits per heavy atom. The molecule has 1 aliphatic carbocycles. The van der Waals surface area contributed by atoms with Crippen LogP contribution in [0.15, 0.2) is 18.2 Å². The molecule has 1 unspecified atom stereocenters. The fraction of sp³-hybridized carbons (Fsp3) is 0.364. The second-order valence-corrected chi connectivity index (χ2v) is 3.97. The number of benzene rings is 1. The topological polar surface area (TPSA) is 17.1 Å². The Morgan fingerprint density at radius 2 is 2.23 bits per heavy atom. The van der Waals surface area contributed by atoms with Crippen molar-refractivity contribution < 1.29 is 4.79 Å². The van der Waals surface area contributed by atoms with E-state index in [2.05, 4.69) is 0 Å². The minimum Gasteiger partial charge on any atom is -0.299 e. The van der Waals surface area contributed by atoms with Gasteiger partial charge in [-0.1, -0.05) is 23.7 Å². The fourth-order valence-electron chi connectivity index (χ4n) is 1.64. The summed E-state index contributed by atoms with van der Waals surface area (Å²) in [5.41, 5.74) is 2.18. The molecule has 1 saturated carbocycles. The predicted molar refractivity (Wildman–Crippen MR) is 53.2 cm³/mol. The minimum atomic E-state index is 0.149. The van der Waals surface area contributed by atoms with E-state index < -0.39 is 0 Å². The first kappa shape index (κ1) is 8.76. The molecule has 1 aromatic carbocycles. The van der Waals surface area contributed by atoms with E-state index >= 15 is 0 Å². The van der Waals surface area contributed by atoms with Crippen LogP contribution in [0.5, 0.6) is 0 Å². The molecule has 0 saturated heterocycles. The summed E-state index contributed by atoms with van der Waals surface area (Å²) in [7, 11) is 0. The molecule has 13 heavy (non-hydrogen) atoms. The zero-order chi connectivity index (χ0) is 9.42. The molecule has 0 aliphatic heterocycles. The highest BCUT2D eigenvalue weighted by molar-refractivity contribution is 6.31. The molecule has 0 spiro atoms. The summed E-state index contributed by atoms with van der Waals surface area (Å²) in [5, 5.41) is 0.774. The molecule has 0 amide bonds. The molecule has 0 heterocycles. The molecule has 0 radical (unpaired) electrons. The number of carbonyl (C=O) groups excluding carboxylic acids is 1. The van der Waals surface area contributed by atoms with E-state index in [1.54, 1.807) is 0 Å². The van der Waals surface area contributed by atoms with E-state index in [0.717, 1.165) is 29.0 Å². The Labute approximate surface area is 82.7 Å². The largest absolute Gasteiger partial charge is 0.299 e. The summed E-state index contributed by atoms with van der Waals surface area (Å²) < 4.78 is 0. The maximum absolute atomic E-state index is 11.2. The summed E-state index contributed by atoms with van der Waals surface area (Å²) in [6, 6.07) is 5.85. The fourth-order valence-corrected chi connectivity index (χ4v) is 1.76. The molecule has 2 heteroatoms. The number of halogens is 1. The van der Waals surface area contributed by atoms with Crippen LogP contribution in [-0.2, 0) is 4.79 Å². The molecule has 2 rings (SSSR count). The lowest BCUT2D eigenvalue weighted by molar-refractivity contribution is -0.125. The smallest absolute Gasteiger partial charge is 0.140 e. The van der Waals surface area contributed by atoms with Crippen molar-refractivity contribution in [2.45, 2.75) is 25.7 Å². The molecule has 1 fully saturated rings. The Hall–Kier alpha value is -0.820. The molecule has 1 aromatic rings. The first-order valence-electron chi connectivity index (χ1n) is 4.47. The second-order valence-electron chi connectivity index (χ2n) is 3.57. The number of hydrogen-bond donors (Lipinski definition) is 0. The first-order chi connectivity index (χ1) is 6.18. The Bertz CT molecular complexity index is 357. The van der Waals surface area contributed by atoms with Gasteiger partial charge in [0.25, 0.3) is 0 Å². The van der Waals surface area contributed by atoms with Gasteiger partial charge >= 0.3 is 0 Å². The van der Waals surface area contributed by atoms with E-state index in [1.807, 2.05) is 25.1 Å². The summed E-state index contributed by atoms with van der Waals surface area (Å²) >= 11 is 5.90. The van der Waals surface area contributed by atoms with Crippen molar-refractivity contribution in [1.82, 2.24) is 0 Å². The average molecular weight is 195 g/mol. The quantitative estimate of drug-likeness (QED) is 0.672. The van der Waals surface area contributed by atoms with E-state index in [9.17, 15) is 4.79 Å². The number of aryl methyl sites for hydroxylation is 1. The monoisotopic (exact) mass is 194 g/mol. The van der Waals surface area contributed by atoms with Crippen LogP contribution < -0.4 is 0 Å². The van der Waals surface area contributed by atoms with Crippen LogP contribution in [0.25, 0.3) is 0 Å². The van der Waals surface area contributed by atoms with Crippen LogP contribution in [-0.4, -0.2) is 5.78 Å². The predicted octanol–water partition coefficient (Wildman–Crippen LogP) is 3.09. The van der Waals surface area contributed by atoms with Gasteiger partial charge in [0, 0.05) is 17.4 Å². The number of carbonyl (C=O) groups is 1. The summed E-state index contributed by atoms with van der Waals surface area (Å²) in [6.45, 7) is 1.97. The highest BCUT2D eigenvalue weighted by atomic mass is 35.5. The highest BCUT2D eigenvalue weighted by Gasteiger charge is 2.29. The normalized spacial score (nSPS) is 21.4. The molecular formula is C11H11ClO. The minimum absolute atomic E-state index is 0.149. The zero-order valence-electron chi connectivity index (χ0n) is 7.51. The summed E-state index contributed by atoms with van der Waals surface area (Å²) in [4.78, 5) is 11.2. The number of ketones is 1. The van der Waals surface area contributed by atoms with Gasteiger partial charge in [0.05, 0.1) is 0 Å². The molecule has 1 atom stereocenters. The third-order valence-corrected chi connectivity index (χ3v) is 3.08. The van der Waals surface area contributed by atoms with Gasteiger partial charge in [-0.05, 0) is 30.5 Å². The summed E-state index contributed by atoms with van der Waals surface area (Å²) in [6.07, 6.45) is 1.74. The van der Waals surface area contributed by atoms with Gasteiger partial charge in [0.2, 0.25) is 0 Å². The van der Waals surface area contributed by atoms with Crippen molar-refractivity contribution in [3.05, 3.63) is 34.3 Å². The average Bonchev–Trinajstić information content (AvgIpc) is 2.09. The van der Waals surface area contributed by atoms with Crippen LogP contribution in [0, 0.1) is 6.92 Å². The van der Waals surface area contributed by atoms with Gasteiger partial charge in [0.1, 0.15) is 5.78 Å². The molecule has 68 valence electrons. The van der Waals surface area contributed by atoms with Crippen LogP contribution in [0.1, 0.15) is 29.9 Å². The Morgan fingerprint density at radius 1 is 1.46 bits per heavy atom. The van der Waals surface area contributed by atoms with Crippen LogP contribution >= 0.6 is 11.6 Å². The highest BCUT2D eigenvalue weighted by Crippen LogP contribution is 2.34. The first-order valence-corrected chi connectivity index (χ1v) is 4.85. The molecule has 1 nitrogen and oxygen atoms in total. The van der Waals surface area contributed by atoms with Gasteiger partial charge in [-0.15, -0.1) is 0 Å². The van der Waals surface area contributed by atoms with Crippen molar-refractivity contribution >= 4 is 17.4 Å². The van der Waals surface area contributed by atoms with Crippen LogP contribution in [0.3, 0.4) is 0 Å². The van der Waals surface area contributed by atoms with Gasteiger partial charge in [-0.3, -0.25) is 4.79 Å². The van der Waals surface area contributed by atoms with Crippen molar-refractivity contribution in [3.63, 3.8) is 0 Å².